The molecule has 0 saturated carbocycles. The summed E-state index contributed by atoms with van der Waals surface area (Å²) < 4.78 is 4.91. The first-order valence-electron chi connectivity index (χ1n) is 4.80. The normalized spacial score (nSPS) is 11.2. The van der Waals surface area contributed by atoms with Crippen LogP contribution in [-0.2, 0) is 0 Å². The number of methoxy groups -OCH3 is 1. The van der Waals surface area contributed by atoms with Crippen molar-refractivity contribution in [3.63, 3.8) is 0 Å². The summed E-state index contributed by atoms with van der Waals surface area (Å²) in [6.07, 6.45) is 1.80. The number of ether oxygens (including phenoxy) is 1. The van der Waals surface area contributed by atoms with Crippen LogP contribution in [0, 0.1) is 10.1 Å². The average Bonchev–Trinajstić information content (AvgIpc) is 2.27. The molecule has 1 aromatic rings. The maximum atomic E-state index is 10.6. The molecule has 0 aliphatic heterocycles. The molecule has 1 N–H and O–H groups in total. The SMILES string of the molecule is CC/C(=C/c1ccc(O)c(OC)c1)[N+](=O)[O-]. The Kier molecular flexibility index (Phi) is 3.88. The van der Waals surface area contributed by atoms with Crippen LogP contribution in [-0.4, -0.2) is 17.1 Å². The Labute approximate surface area is 93.1 Å². The zero-order valence-corrected chi connectivity index (χ0v) is 9.14. The number of phenolic OH excluding ortho intramolecular Hbond substituents is 1. The van der Waals surface area contributed by atoms with Crippen molar-refractivity contribution < 1.29 is 14.8 Å². The van der Waals surface area contributed by atoms with Gasteiger partial charge in [0.05, 0.1) is 12.0 Å². The van der Waals surface area contributed by atoms with Gasteiger partial charge >= 0.3 is 0 Å². The highest BCUT2D eigenvalue weighted by Crippen LogP contribution is 2.27. The minimum Gasteiger partial charge on any atom is -0.504 e. The lowest BCUT2D eigenvalue weighted by Gasteiger charge is -2.03. The van der Waals surface area contributed by atoms with Crippen LogP contribution in [0.2, 0.25) is 0 Å². The Hall–Kier alpha value is -2.04. The van der Waals surface area contributed by atoms with Gasteiger partial charge < -0.3 is 9.84 Å². The Morgan fingerprint density at radius 2 is 2.31 bits per heavy atom. The van der Waals surface area contributed by atoms with Crippen molar-refractivity contribution in [2.24, 2.45) is 0 Å². The zero-order chi connectivity index (χ0) is 12.1. The summed E-state index contributed by atoms with van der Waals surface area (Å²) in [7, 11) is 1.43. The summed E-state index contributed by atoms with van der Waals surface area (Å²) in [5.41, 5.74) is 0.746. The van der Waals surface area contributed by atoms with E-state index in [9.17, 15) is 15.2 Å². The molecule has 1 aromatic carbocycles. The van der Waals surface area contributed by atoms with E-state index in [4.69, 9.17) is 4.74 Å². The second-order valence-corrected chi connectivity index (χ2v) is 3.18. The summed E-state index contributed by atoms with van der Waals surface area (Å²) in [6.45, 7) is 1.71. The van der Waals surface area contributed by atoms with Gasteiger partial charge in [-0.2, -0.15) is 0 Å². The standard InChI is InChI=1S/C11H13NO4/c1-3-9(12(14)15)6-8-4-5-10(13)11(7-8)16-2/h4-7,13H,3H2,1-2H3/b9-6-. The highest BCUT2D eigenvalue weighted by Gasteiger charge is 2.08. The number of allylic oxidation sites excluding steroid dienone is 1. The smallest absolute Gasteiger partial charge is 0.246 e. The Morgan fingerprint density at radius 1 is 1.62 bits per heavy atom. The van der Waals surface area contributed by atoms with Crippen molar-refractivity contribution in [3.8, 4) is 11.5 Å². The van der Waals surface area contributed by atoms with Crippen LogP contribution in [0.1, 0.15) is 18.9 Å². The van der Waals surface area contributed by atoms with Crippen molar-refractivity contribution in [1.82, 2.24) is 0 Å². The summed E-state index contributed by atoms with van der Waals surface area (Å²) in [5.74, 6) is 0.311. The molecule has 0 radical (unpaired) electrons. The third-order valence-corrected chi connectivity index (χ3v) is 2.13. The lowest BCUT2D eigenvalue weighted by molar-refractivity contribution is -0.425. The number of hydrogen-bond donors (Lipinski definition) is 1. The van der Waals surface area contributed by atoms with Crippen molar-refractivity contribution in [2.75, 3.05) is 7.11 Å². The van der Waals surface area contributed by atoms with Gasteiger partial charge in [-0.3, -0.25) is 10.1 Å². The molecule has 0 amide bonds. The quantitative estimate of drug-likeness (QED) is 0.628. The number of rotatable bonds is 4. The molecule has 0 aliphatic carbocycles. The maximum absolute atomic E-state index is 10.6. The molecule has 0 aliphatic rings. The minimum absolute atomic E-state index is 0.0128. The molecule has 5 nitrogen and oxygen atoms in total. The predicted molar refractivity (Wildman–Crippen MR) is 59.9 cm³/mol. The fraction of sp³-hybridized carbons (Fsp3) is 0.273. The summed E-state index contributed by atoms with van der Waals surface area (Å²) >= 11 is 0. The first-order chi connectivity index (χ1) is 7.58. The molecule has 0 fully saturated rings. The molecular weight excluding hydrogens is 210 g/mol. The average molecular weight is 223 g/mol. The molecule has 0 saturated heterocycles. The van der Waals surface area contributed by atoms with Crippen molar-refractivity contribution in [1.29, 1.82) is 0 Å². The van der Waals surface area contributed by atoms with E-state index in [0.29, 0.717) is 17.7 Å². The fourth-order valence-corrected chi connectivity index (χ4v) is 1.26. The van der Waals surface area contributed by atoms with Gasteiger partial charge in [0.15, 0.2) is 11.5 Å². The zero-order valence-electron chi connectivity index (χ0n) is 9.14. The summed E-state index contributed by atoms with van der Waals surface area (Å²) in [5, 5.41) is 20.0. The van der Waals surface area contributed by atoms with Crippen LogP contribution in [0.5, 0.6) is 11.5 Å². The van der Waals surface area contributed by atoms with E-state index in [2.05, 4.69) is 0 Å². The van der Waals surface area contributed by atoms with Gasteiger partial charge in [0, 0.05) is 12.5 Å². The monoisotopic (exact) mass is 223 g/mol. The van der Waals surface area contributed by atoms with Crippen molar-refractivity contribution in [3.05, 3.63) is 39.6 Å². The molecule has 0 unspecified atom stereocenters. The largest absolute Gasteiger partial charge is 0.504 e. The van der Waals surface area contributed by atoms with Gasteiger partial charge in [0.25, 0.3) is 0 Å². The van der Waals surface area contributed by atoms with Gasteiger partial charge in [-0.05, 0) is 17.7 Å². The van der Waals surface area contributed by atoms with Crippen molar-refractivity contribution in [2.45, 2.75) is 13.3 Å². The van der Waals surface area contributed by atoms with E-state index in [1.165, 1.54) is 19.3 Å². The Morgan fingerprint density at radius 3 is 2.81 bits per heavy atom. The lowest BCUT2D eigenvalue weighted by Crippen LogP contribution is -1.96. The topological polar surface area (TPSA) is 72.6 Å². The van der Waals surface area contributed by atoms with Crippen LogP contribution in [0.4, 0.5) is 0 Å². The highest BCUT2D eigenvalue weighted by atomic mass is 16.6. The van der Waals surface area contributed by atoms with E-state index in [-0.39, 0.29) is 11.4 Å². The summed E-state index contributed by atoms with van der Waals surface area (Å²) in [4.78, 5) is 10.2. The fourth-order valence-electron chi connectivity index (χ4n) is 1.26. The highest BCUT2D eigenvalue weighted by molar-refractivity contribution is 5.56. The van der Waals surface area contributed by atoms with Gasteiger partial charge in [-0.25, -0.2) is 0 Å². The van der Waals surface area contributed by atoms with Gasteiger partial charge in [-0.15, -0.1) is 0 Å². The first kappa shape index (κ1) is 12.0. The van der Waals surface area contributed by atoms with Gasteiger partial charge in [0.2, 0.25) is 5.70 Å². The second-order valence-electron chi connectivity index (χ2n) is 3.18. The summed E-state index contributed by atoms with van der Waals surface area (Å²) in [6, 6.07) is 4.59. The van der Waals surface area contributed by atoms with Crippen LogP contribution >= 0.6 is 0 Å². The number of phenols is 1. The number of benzene rings is 1. The van der Waals surface area contributed by atoms with E-state index in [1.54, 1.807) is 19.1 Å². The van der Waals surface area contributed by atoms with E-state index >= 15 is 0 Å². The molecule has 86 valence electrons. The van der Waals surface area contributed by atoms with Crippen LogP contribution < -0.4 is 4.74 Å². The Bertz CT molecular complexity index is 426. The first-order valence-corrected chi connectivity index (χ1v) is 4.80. The second kappa shape index (κ2) is 5.16. The van der Waals surface area contributed by atoms with E-state index < -0.39 is 4.92 Å². The molecular formula is C11H13NO4. The van der Waals surface area contributed by atoms with Gasteiger partial charge in [-0.1, -0.05) is 13.0 Å². The molecule has 5 heteroatoms. The van der Waals surface area contributed by atoms with E-state index in [1.807, 2.05) is 0 Å². The van der Waals surface area contributed by atoms with E-state index in [0.717, 1.165) is 0 Å². The number of aromatic hydroxyl groups is 1. The molecule has 1 rings (SSSR count). The van der Waals surface area contributed by atoms with Crippen molar-refractivity contribution >= 4 is 6.08 Å². The van der Waals surface area contributed by atoms with Crippen LogP contribution in [0.3, 0.4) is 0 Å². The third-order valence-electron chi connectivity index (χ3n) is 2.13. The maximum Gasteiger partial charge on any atom is 0.246 e. The molecule has 0 spiro atoms. The number of nitrogens with zero attached hydrogens (tertiary/aromatic N) is 1. The van der Waals surface area contributed by atoms with Crippen LogP contribution in [0.15, 0.2) is 23.9 Å². The number of hydrogen-bond acceptors (Lipinski definition) is 4. The molecule has 0 atom stereocenters. The molecule has 0 heterocycles. The number of nitro groups is 1. The lowest BCUT2D eigenvalue weighted by atomic mass is 10.1. The third kappa shape index (κ3) is 2.73. The predicted octanol–water partition coefficient (Wildman–Crippen LogP) is 2.43. The molecule has 0 bridgehead atoms. The molecule has 16 heavy (non-hydrogen) atoms. The molecule has 0 aromatic heterocycles. The minimum atomic E-state index is -0.417. The van der Waals surface area contributed by atoms with Crippen LogP contribution in [0.25, 0.3) is 6.08 Å². The van der Waals surface area contributed by atoms with Gasteiger partial charge in [0.1, 0.15) is 0 Å². The Balaban J connectivity index is 3.10.